The fraction of sp³-hybridized carbons (Fsp3) is 0.455. The number of hydrogen-bond donors (Lipinski definition) is 0. The summed E-state index contributed by atoms with van der Waals surface area (Å²) in [5, 5.41) is 0.400. The van der Waals surface area contributed by atoms with Crippen molar-refractivity contribution in [1.29, 1.82) is 0 Å². The summed E-state index contributed by atoms with van der Waals surface area (Å²) in [6, 6.07) is 10.1. The molecule has 6 nitrogen and oxygen atoms in total. The van der Waals surface area contributed by atoms with E-state index in [2.05, 4.69) is 36.9 Å². The predicted molar refractivity (Wildman–Crippen MR) is 156 cm³/mol. The lowest BCUT2D eigenvalue weighted by Crippen LogP contribution is -2.39. The van der Waals surface area contributed by atoms with E-state index in [1.165, 1.54) is 11.1 Å². The zero-order valence-electron chi connectivity index (χ0n) is 23.9. The average Bonchev–Trinajstić information content (AvgIpc) is 2.92. The van der Waals surface area contributed by atoms with E-state index < -0.39 is 5.92 Å². The molecule has 0 aromatic heterocycles. The maximum absolute atomic E-state index is 13.6. The average molecular weight is 564 g/mol. The Morgan fingerprint density at radius 2 is 1.50 bits per heavy atom. The summed E-state index contributed by atoms with van der Waals surface area (Å²) in [6.07, 6.45) is 5.06. The van der Waals surface area contributed by atoms with E-state index >= 15 is 0 Å². The van der Waals surface area contributed by atoms with Gasteiger partial charge in [-0.2, -0.15) is 0 Å². The standard InChI is InChI=1S/C33H38ClNO5/c1-20-14-21(2)16-22(15-20)19-40-33-24(34)17-23(18-29(33)39-4)30-31-25(8-5-10-27(31)36)35(12-7-13-38-3)26-9-6-11-28(37)32(26)30/h14-18,30H,5-13,19H2,1-4H3. The molecule has 0 bridgehead atoms. The smallest absolute Gasteiger partial charge is 0.180 e. The largest absolute Gasteiger partial charge is 0.493 e. The van der Waals surface area contributed by atoms with Crippen LogP contribution in [-0.4, -0.2) is 43.8 Å². The van der Waals surface area contributed by atoms with Crippen LogP contribution < -0.4 is 9.47 Å². The molecule has 0 radical (unpaired) electrons. The van der Waals surface area contributed by atoms with Crippen LogP contribution in [0.4, 0.5) is 0 Å². The second-order valence-corrected chi connectivity index (χ2v) is 11.4. The molecule has 5 rings (SSSR count). The molecule has 0 atom stereocenters. The molecule has 212 valence electrons. The predicted octanol–water partition coefficient (Wildman–Crippen LogP) is 6.99. The van der Waals surface area contributed by atoms with Crippen LogP contribution in [0.5, 0.6) is 11.5 Å². The molecular formula is C33H38ClNO5. The van der Waals surface area contributed by atoms with E-state index in [0.717, 1.165) is 72.3 Å². The van der Waals surface area contributed by atoms with Gasteiger partial charge in [-0.25, -0.2) is 0 Å². The van der Waals surface area contributed by atoms with Gasteiger partial charge in [-0.15, -0.1) is 0 Å². The van der Waals surface area contributed by atoms with Gasteiger partial charge in [0.2, 0.25) is 0 Å². The van der Waals surface area contributed by atoms with Gasteiger partial charge >= 0.3 is 0 Å². The maximum atomic E-state index is 13.6. The second-order valence-electron chi connectivity index (χ2n) is 11.0. The van der Waals surface area contributed by atoms with E-state index in [1.54, 1.807) is 14.2 Å². The van der Waals surface area contributed by atoms with Gasteiger partial charge in [0.05, 0.1) is 12.1 Å². The molecule has 0 amide bonds. The number of ketones is 2. The Hall–Kier alpha value is -3.09. The third kappa shape index (κ3) is 5.57. The van der Waals surface area contributed by atoms with Gasteiger partial charge in [-0.3, -0.25) is 9.59 Å². The van der Waals surface area contributed by atoms with Crippen LogP contribution in [0, 0.1) is 13.8 Å². The molecule has 3 aliphatic rings. The molecule has 0 N–H and O–H groups in total. The van der Waals surface area contributed by atoms with Crippen molar-refractivity contribution >= 4 is 23.2 Å². The quantitative estimate of drug-likeness (QED) is 0.306. The molecule has 0 saturated carbocycles. The molecule has 1 aliphatic heterocycles. The number of carbonyl (C=O) groups excluding carboxylic acids is 2. The molecule has 0 spiro atoms. The zero-order chi connectivity index (χ0) is 28.4. The van der Waals surface area contributed by atoms with Gasteiger partial charge < -0.3 is 19.1 Å². The normalized spacial score (nSPS) is 17.8. The van der Waals surface area contributed by atoms with Gasteiger partial charge in [0.25, 0.3) is 0 Å². The van der Waals surface area contributed by atoms with Gasteiger partial charge in [0, 0.05) is 61.6 Å². The molecule has 0 unspecified atom stereocenters. The van der Waals surface area contributed by atoms with E-state index in [9.17, 15) is 9.59 Å². The van der Waals surface area contributed by atoms with Gasteiger partial charge in [0.15, 0.2) is 23.1 Å². The van der Waals surface area contributed by atoms with Crippen LogP contribution in [-0.2, 0) is 20.9 Å². The third-order valence-electron chi connectivity index (χ3n) is 8.07. The van der Waals surface area contributed by atoms with Gasteiger partial charge in [-0.05, 0) is 69.2 Å². The highest BCUT2D eigenvalue weighted by atomic mass is 35.5. The molecule has 2 aromatic rings. The lowest BCUT2D eigenvalue weighted by Gasteiger charge is -2.44. The van der Waals surface area contributed by atoms with Crippen LogP contribution in [0.3, 0.4) is 0 Å². The molecule has 40 heavy (non-hydrogen) atoms. The first kappa shape index (κ1) is 28.4. The fourth-order valence-electron chi connectivity index (χ4n) is 6.54. The van der Waals surface area contributed by atoms with Gasteiger partial charge in [0.1, 0.15) is 6.61 Å². The Bertz CT molecular complexity index is 1330. The molecule has 0 saturated heterocycles. The fourth-order valence-corrected chi connectivity index (χ4v) is 6.81. The first-order chi connectivity index (χ1) is 19.3. The van der Waals surface area contributed by atoms with E-state index in [1.807, 2.05) is 12.1 Å². The van der Waals surface area contributed by atoms with Crippen molar-refractivity contribution in [1.82, 2.24) is 4.90 Å². The molecule has 2 aromatic carbocycles. The molecular weight excluding hydrogens is 526 g/mol. The number of benzene rings is 2. The number of hydrogen-bond acceptors (Lipinski definition) is 6. The minimum absolute atomic E-state index is 0.109. The number of allylic oxidation sites excluding steroid dienone is 4. The van der Waals surface area contributed by atoms with Crippen LogP contribution >= 0.6 is 11.6 Å². The Kier molecular flexibility index (Phi) is 8.67. The van der Waals surface area contributed by atoms with E-state index in [0.29, 0.717) is 42.6 Å². The minimum atomic E-state index is -0.454. The summed E-state index contributed by atoms with van der Waals surface area (Å²) >= 11 is 6.87. The van der Waals surface area contributed by atoms with Gasteiger partial charge in [-0.1, -0.05) is 40.9 Å². The first-order valence-electron chi connectivity index (χ1n) is 14.2. The van der Waals surface area contributed by atoms with Crippen LogP contribution in [0.15, 0.2) is 52.9 Å². The lowest BCUT2D eigenvalue weighted by molar-refractivity contribution is -0.117. The highest BCUT2D eigenvalue weighted by Gasteiger charge is 2.43. The summed E-state index contributed by atoms with van der Waals surface area (Å²) in [5.74, 6) is 0.711. The SMILES string of the molecule is COCCCN1C2=C(C(=O)CCC2)C(c2cc(Cl)c(OCc3cc(C)cc(C)c3)c(OC)c2)C2=C1CCCC2=O. The Labute approximate surface area is 241 Å². The summed E-state index contributed by atoms with van der Waals surface area (Å²) < 4.78 is 17.3. The third-order valence-corrected chi connectivity index (χ3v) is 8.35. The van der Waals surface area contributed by atoms with E-state index in [4.69, 9.17) is 25.8 Å². The summed E-state index contributed by atoms with van der Waals surface area (Å²) in [6.45, 7) is 5.83. The number of halogens is 1. The number of rotatable bonds is 9. The highest BCUT2D eigenvalue weighted by Crippen LogP contribution is 2.51. The van der Waals surface area contributed by atoms with Crippen molar-refractivity contribution in [2.75, 3.05) is 27.4 Å². The first-order valence-corrected chi connectivity index (χ1v) is 14.6. The van der Waals surface area contributed by atoms with Crippen molar-refractivity contribution in [3.8, 4) is 11.5 Å². The summed E-state index contributed by atoms with van der Waals surface area (Å²) in [4.78, 5) is 29.4. The van der Waals surface area contributed by atoms with Crippen molar-refractivity contribution in [3.05, 3.63) is 80.1 Å². The van der Waals surface area contributed by atoms with Crippen LogP contribution in [0.25, 0.3) is 0 Å². The summed E-state index contributed by atoms with van der Waals surface area (Å²) in [5.41, 5.74) is 7.76. The number of aryl methyl sites for hydroxylation is 2. The Balaban J connectivity index is 1.57. The van der Waals surface area contributed by atoms with Crippen LogP contribution in [0.1, 0.15) is 73.1 Å². The number of carbonyl (C=O) groups is 2. The molecule has 1 heterocycles. The second kappa shape index (κ2) is 12.2. The monoisotopic (exact) mass is 563 g/mol. The highest BCUT2D eigenvalue weighted by molar-refractivity contribution is 6.32. The number of methoxy groups -OCH3 is 2. The van der Waals surface area contributed by atoms with Crippen molar-refractivity contribution in [3.63, 3.8) is 0 Å². The molecule has 2 aliphatic carbocycles. The zero-order valence-corrected chi connectivity index (χ0v) is 24.7. The van der Waals surface area contributed by atoms with E-state index in [-0.39, 0.29) is 11.6 Å². The Morgan fingerprint density at radius 3 is 2.08 bits per heavy atom. The lowest BCUT2D eigenvalue weighted by atomic mass is 9.71. The molecule has 7 heteroatoms. The van der Waals surface area contributed by atoms with Crippen molar-refractivity contribution in [2.24, 2.45) is 0 Å². The number of Topliss-reactive ketones (excluding diaryl/α,β-unsaturated/α-hetero) is 2. The molecule has 0 fully saturated rings. The van der Waals surface area contributed by atoms with Crippen molar-refractivity contribution < 1.29 is 23.8 Å². The topological polar surface area (TPSA) is 65.1 Å². The Morgan fingerprint density at radius 1 is 0.875 bits per heavy atom. The summed E-state index contributed by atoms with van der Waals surface area (Å²) in [7, 11) is 3.28. The van der Waals surface area contributed by atoms with Crippen molar-refractivity contribution in [2.45, 2.75) is 71.3 Å². The maximum Gasteiger partial charge on any atom is 0.180 e. The van der Waals surface area contributed by atoms with Crippen LogP contribution in [0.2, 0.25) is 5.02 Å². The number of ether oxygens (including phenoxy) is 3. The number of nitrogens with zero attached hydrogens (tertiary/aromatic N) is 1. The minimum Gasteiger partial charge on any atom is -0.493 e.